The van der Waals surface area contributed by atoms with Crippen LogP contribution in [0.3, 0.4) is 0 Å². The highest BCUT2D eigenvalue weighted by atomic mass is 14.5. The van der Waals surface area contributed by atoms with Gasteiger partial charge in [0.25, 0.3) is 0 Å². The fraction of sp³-hybridized carbons (Fsp3) is 0.867. The summed E-state index contributed by atoms with van der Waals surface area (Å²) in [6.45, 7) is 7.41. The van der Waals surface area contributed by atoms with Gasteiger partial charge in [-0.25, -0.2) is 0 Å². The average molecular weight is 204 g/mol. The molecule has 0 spiro atoms. The first-order valence-electron chi connectivity index (χ1n) is 6.79. The van der Waals surface area contributed by atoms with Crippen molar-refractivity contribution in [1.82, 2.24) is 0 Å². The normalized spacial score (nSPS) is 53.7. The molecule has 4 rings (SSSR count). The molecule has 0 heterocycles. The summed E-state index contributed by atoms with van der Waals surface area (Å²) < 4.78 is 0. The minimum absolute atomic E-state index is 0.562. The zero-order chi connectivity index (χ0) is 10.6. The molecule has 0 aromatic heterocycles. The van der Waals surface area contributed by atoms with Crippen LogP contribution in [0.4, 0.5) is 0 Å². The van der Waals surface area contributed by atoms with Crippen molar-refractivity contribution in [2.45, 2.75) is 52.9 Å². The Morgan fingerprint density at radius 1 is 1.27 bits per heavy atom. The summed E-state index contributed by atoms with van der Waals surface area (Å²) in [7, 11) is 0. The van der Waals surface area contributed by atoms with Crippen molar-refractivity contribution in [3.63, 3.8) is 0 Å². The molecule has 5 atom stereocenters. The van der Waals surface area contributed by atoms with Crippen LogP contribution in [0, 0.1) is 29.1 Å². The smallest absolute Gasteiger partial charge is 0.0113 e. The Hall–Kier alpha value is -0.260. The molecule has 0 aliphatic heterocycles. The Morgan fingerprint density at radius 2 is 2.07 bits per heavy atom. The molecule has 15 heavy (non-hydrogen) atoms. The lowest BCUT2D eigenvalue weighted by Crippen LogP contribution is -2.28. The van der Waals surface area contributed by atoms with Crippen LogP contribution in [0.25, 0.3) is 0 Å². The zero-order valence-corrected chi connectivity index (χ0v) is 10.4. The molecular formula is C15H24. The van der Waals surface area contributed by atoms with Crippen molar-refractivity contribution >= 4 is 0 Å². The molecule has 4 aliphatic carbocycles. The lowest BCUT2D eigenvalue weighted by atomic mass is 9.68. The fourth-order valence-corrected chi connectivity index (χ4v) is 4.83. The van der Waals surface area contributed by atoms with E-state index < -0.39 is 0 Å². The SMILES string of the molecule is CC1=C[C@@]2(C)CC[C@@H]1C[C@H]1[C@H](C)CC[C@@H]12. The largest absolute Gasteiger partial charge is 0.0791 e. The minimum atomic E-state index is 0.562. The van der Waals surface area contributed by atoms with Crippen LogP contribution in [0.15, 0.2) is 11.6 Å². The maximum Gasteiger partial charge on any atom is -0.0113 e. The highest BCUT2D eigenvalue weighted by Crippen LogP contribution is 2.58. The van der Waals surface area contributed by atoms with Crippen LogP contribution < -0.4 is 0 Å². The predicted octanol–water partition coefficient (Wildman–Crippen LogP) is 4.42. The van der Waals surface area contributed by atoms with E-state index in [0.717, 1.165) is 23.7 Å². The summed E-state index contributed by atoms with van der Waals surface area (Å²) in [6.07, 6.45) is 10.1. The summed E-state index contributed by atoms with van der Waals surface area (Å²) >= 11 is 0. The molecule has 4 aliphatic rings. The monoisotopic (exact) mass is 204 g/mol. The Balaban J connectivity index is 2.02. The van der Waals surface area contributed by atoms with E-state index in [1.165, 1.54) is 32.1 Å². The van der Waals surface area contributed by atoms with Gasteiger partial charge >= 0.3 is 0 Å². The lowest BCUT2D eigenvalue weighted by Gasteiger charge is -2.36. The van der Waals surface area contributed by atoms with E-state index in [4.69, 9.17) is 0 Å². The Morgan fingerprint density at radius 3 is 2.80 bits per heavy atom. The molecule has 2 fully saturated rings. The molecule has 0 aromatic carbocycles. The Kier molecular flexibility index (Phi) is 2.06. The van der Waals surface area contributed by atoms with Crippen molar-refractivity contribution in [2.24, 2.45) is 29.1 Å². The van der Waals surface area contributed by atoms with Gasteiger partial charge in [0.05, 0.1) is 0 Å². The van der Waals surface area contributed by atoms with Crippen molar-refractivity contribution in [3.8, 4) is 0 Å². The minimum Gasteiger partial charge on any atom is -0.0791 e. The second kappa shape index (κ2) is 3.12. The van der Waals surface area contributed by atoms with Crippen LogP contribution in [-0.2, 0) is 0 Å². The van der Waals surface area contributed by atoms with Crippen molar-refractivity contribution in [3.05, 3.63) is 11.6 Å². The van der Waals surface area contributed by atoms with Crippen LogP contribution >= 0.6 is 0 Å². The van der Waals surface area contributed by atoms with E-state index in [9.17, 15) is 0 Å². The van der Waals surface area contributed by atoms with Crippen molar-refractivity contribution in [2.75, 3.05) is 0 Å². The van der Waals surface area contributed by atoms with Gasteiger partial charge in [-0.2, -0.15) is 0 Å². The van der Waals surface area contributed by atoms with Gasteiger partial charge in [0, 0.05) is 0 Å². The highest BCUT2D eigenvalue weighted by Gasteiger charge is 2.48. The molecule has 0 heteroatoms. The van der Waals surface area contributed by atoms with E-state index in [1.807, 2.05) is 0 Å². The first kappa shape index (κ1) is 9.93. The lowest BCUT2D eigenvalue weighted by molar-refractivity contribution is 0.185. The third kappa shape index (κ3) is 1.33. The number of allylic oxidation sites excluding steroid dienone is 2. The fourth-order valence-electron chi connectivity index (χ4n) is 4.83. The number of fused-ring (bicyclic) bond motifs is 1. The van der Waals surface area contributed by atoms with Gasteiger partial charge < -0.3 is 0 Å². The second-order valence-corrected chi connectivity index (χ2v) is 6.69. The average Bonchev–Trinajstić information content (AvgIpc) is 2.41. The van der Waals surface area contributed by atoms with Crippen LogP contribution in [0.1, 0.15) is 52.9 Å². The van der Waals surface area contributed by atoms with E-state index in [-0.39, 0.29) is 0 Å². The second-order valence-electron chi connectivity index (χ2n) is 6.69. The van der Waals surface area contributed by atoms with E-state index in [1.54, 1.807) is 5.57 Å². The van der Waals surface area contributed by atoms with Gasteiger partial charge in [-0.1, -0.05) is 31.9 Å². The van der Waals surface area contributed by atoms with E-state index in [0.29, 0.717) is 5.41 Å². The maximum absolute atomic E-state index is 2.66. The van der Waals surface area contributed by atoms with E-state index in [2.05, 4.69) is 26.8 Å². The zero-order valence-electron chi connectivity index (χ0n) is 10.4. The molecule has 2 saturated carbocycles. The highest BCUT2D eigenvalue weighted by molar-refractivity contribution is 5.20. The predicted molar refractivity (Wildman–Crippen MR) is 64.6 cm³/mol. The van der Waals surface area contributed by atoms with Gasteiger partial charge in [0.15, 0.2) is 0 Å². The van der Waals surface area contributed by atoms with Crippen LogP contribution in [-0.4, -0.2) is 0 Å². The molecular weight excluding hydrogens is 180 g/mol. The standard InChI is InChI=1S/C15H24/c1-10-4-5-14-13(10)8-12-6-7-15(14,3)9-11(12)2/h9-10,12-14H,4-8H2,1-3H3/t10-,12-,13+,14+,15-/m1/s1. The van der Waals surface area contributed by atoms with Gasteiger partial charge in [-0.15, -0.1) is 0 Å². The van der Waals surface area contributed by atoms with Gasteiger partial charge in [0.2, 0.25) is 0 Å². The third-order valence-corrected chi connectivity index (χ3v) is 5.82. The number of hydrogen-bond donors (Lipinski definition) is 0. The Bertz CT molecular complexity index is 301. The summed E-state index contributed by atoms with van der Waals surface area (Å²) in [5.74, 6) is 3.98. The topological polar surface area (TPSA) is 0 Å². The first-order valence-corrected chi connectivity index (χ1v) is 6.79. The molecule has 0 radical (unpaired) electrons. The molecule has 0 aromatic rings. The van der Waals surface area contributed by atoms with Crippen molar-refractivity contribution < 1.29 is 0 Å². The summed E-state index contributed by atoms with van der Waals surface area (Å²) in [5, 5.41) is 0. The van der Waals surface area contributed by atoms with Crippen molar-refractivity contribution in [1.29, 1.82) is 0 Å². The first-order chi connectivity index (χ1) is 7.10. The quantitative estimate of drug-likeness (QED) is 0.513. The van der Waals surface area contributed by atoms with Gasteiger partial charge in [-0.05, 0) is 61.7 Å². The number of hydrogen-bond acceptors (Lipinski definition) is 0. The van der Waals surface area contributed by atoms with Gasteiger partial charge in [-0.3, -0.25) is 0 Å². The number of rotatable bonds is 0. The molecule has 0 nitrogen and oxygen atoms in total. The molecule has 0 unspecified atom stereocenters. The summed E-state index contributed by atoms with van der Waals surface area (Å²) in [4.78, 5) is 0. The third-order valence-electron chi connectivity index (χ3n) is 5.82. The Labute approximate surface area is 94.1 Å². The molecule has 0 N–H and O–H groups in total. The molecule has 0 amide bonds. The summed E-state index contributed by atoms with van der Waals surface area (Å²) in [5.41, 5.74) is 2.28. The van der Waals surface area contributed by atoms with Crippen LogP contribution in [0.5, 0.6) is 0 Å². The van der Waals surface area contributed by atoms with Gasteiger partial charge in [0.1, 0.15) is 0 Å². The van der Waals surface area contributed by atoms with Crippen LogP contribution in [0.2, 0.25) is 0 Å². The molecule has 84 valence electrons. The summed E-state index contributed by atoms with van der Waals surface area (Å²) in [6, 6.07) is 0. The molecule has 0 saturated heterocycles. The molecule has 2 bridgehead atoms. The maximum atomic E-state index is 2.66. The van der Waals surface area contributed by atoms with E-state index >= 15 is 0 Å².